The van der Waals surface area contributed by atoms with E-state index in [2.05, 4.69) is 10.6 Å². The predicted octanol–water partition coefficient (Wildman–Crippen LogP) is 2.14. The SMILES string of the molecule is CC1(C)CNCC(COC(=O)Nc2ccccc2F)O1. The van der Waals surface area contributed by atoms with Gasteiger partial charge in [-0.1, -0.05) is 12.1 Å². The van der Waals surface area contributed by atoms with Crippen molar-refractivity contribution in [2.75, 3.05) is 25.0 Å². The smallest absolute Gasteiger partial charge is 0.411 e. The lowest BCUT2D eigenvalue weighted by Gasteiger charge is -2.36. The molecule has 5 nitrogen and oxygen atoms in total. The Kier molecular flexibility index (Phi) is 4.57. The lowest BCUT2D eigenvalue weighted by Crippen LogP contribution is -2.52. The quantitative estimate of drug-likeness (QED) is 0.891. The standard InChI is InChI=1S/C14H19FN2O3/c1-14(2)9-16-7-10(20-14)8-19-13(18)17-12-6-4-3-5-11(12)15/h3-6,10,16H,7-9H2,1-2H3,(H,17,18). The predicted molar refractivity (Wildman–Crippen MR) is 73.2 cm³/mol. The van der Waals surface area contributed by atoms with Crippen molar-refractivity contribution in [3.8, 4) is 0 Å². The molecule has 1 aromatic carbocycles. The number of hydrogen-bond acceptors (Lipinski definition) is 4. The maximum Gasteiger partial charge on any atom is 0.411 e. The summed E-state index contributed by atoms with van der Waals surface area (Å²) < 4.78 is 24.2. The summed E-state index contributed by atoms with van der Waals surface area (Å²) in [5, 5.41) is 5.57. The number of benzene rings is 1. The Morgan fingerprint density at radius 3 is 3.00 bits per heavy atom. The fraction of sp³-hybridized carbons (Fsp3) is 0.500. The highest BCUT2D eigenvalue weighted by Crippen LogP contribution is 2.16. The van der Waals surface area contributed by atoms with Gasteiger partial charge in [-0.15, -0.1) is 0 Å². The molecule has 0 spiro atoms. The van der Waals surface area contributed by atoms with Crippen LogP contribution in [0.4, 0.5) is 14.9 Å². The Hall–Kier alpha value is -1.66. The first-order chi connectivity index (χ1) is 9.46. The van der Waals surface area contributed by atoms with Crippen LogP contribution < -0.4 is 10.6 Å². The zero-order valence-electron chi connectivity index (χ0n) is 11.6. The maximum absolute atomic E-state index is 13.3. The van der Waals surface area contributed by atoms with Crippen molar-refractivity contribution in [2.24, 2.45) is 0 Å². The lowest BCUT2D eigenvalue weighted by molar-refractivity contribution is -0.110. The highest BCUT2D eigenvalue weighted by atomic mass is 19.1. The average Bonchev–Trinajstić information content (AvgIpc) is 2.38. The second-order valence-corrected chi connectivity index (χ2v) is 5.33. The van der Waals surface area contributed by atoms with Gasteiger partial charge in [0.15, 0.2) is 0 Å². The second-order valence-electron chi connectivity index (χ2n) is 5.33. The minimum absolute atomic E-state index is 0.0977. The van der Waals surface area contributed by atoms with Crippen molar-refractivity contribution >= 4 is 11.8 Å². The Labute approximate surface area is 117 Å². The molecule has 20 heavy (non-hydrogen) atoms. The average molecular weight is 282 g/mol. The van der Waals surface area contributed by atoms with Crippen molar-refractivity contribution in [3.05, 3.63) is 30.1 Å². The molecule has 1 atom stereocenters. The number of morpholine rings is 1. The van der Waals surface area contributed by atoms with Crippen LogP contribution in [-0.4, -0.2) is 37.5 Å². The molecule has 1 saturated heterocycles. The molecule has 1 aliphatic heterocycles. The molecule has 0 saturated carbocycles. The van der Waals surface area contributed by atoms with Gasteiger partial charge in [0.05, 0.1) is 11.3 Å². The monoisotopic (exact) mass is 282 g/mol. The van der Waals surface area contributed by atoms with E-state index in [4.69, 9.17) is 9.47 Å². The zero-order chi connectivity index (χ0) is 14.6. The Balaban J connectivity index is 1.79. The number of carbonyl (C=O) groups excluding carboxylic acids is 1. The Morgan fingerprint density at radius 1 is 1.55 bits per heavy atom. The molecule has 0 radical (unpaired) electrons. The fourth-order valence-electron chi connectivity index (χ4n) is 2.04. The molecular weight excluding hydrogens is 263 g/mol. The van der Waals surface area contributed by atoms with Gasteiger partial charge >= 0.3 is 6.09 Å². The van der Waals surface area contributed by atoms with Crippen LogP contribution in [0, 0.1) is 5.82 Å². The zero-order valence-corrected chi connectivity index (χ0v) is 11.6. The van der Waals surface area contributed by atoms with Crippen LogP contribution in [0.25, 0.3) is 0 Å². The normalized spacial score (nSPS) is 21.2. The second kappa shape index (κ2) is 6.19. The third-order valence-electron chi connectivity index (χ3n) is 2.92. The van der Waals surface area contributed by atoms with Gasteiger partial charge in [-0.3, -0.25) is 5.32 Å². The number of carbonyl (C=O) groups is 1. The third kappa shape index (κ3) is 4.18. The van der Waals surface area contributed by atoms with E-state index in [0.717, 1.165) is 6.54 Å². The van der Waals surface area contributed by atoms with Crippen molar-refractivity contribution in [2.45, 2.75) is 25.6 Å². The van der Waals surface area contributed by atoms with Crippen LogP contribution in [0.1, 0.15) is 13.8 Å². The summed E-state index contributed by atoms with van der Waals surface area (Å²) in [5.41, 5.74) is -0.186. The molecule has 1 fully saturated rings. The number of para-hydroxylation sites is 1. The van der Waals surface area contributed by atoms with E-state index < -0.39 is 11.9 Å². The molecule has 1 aromatic rings. The molecule has 2 N–H and O–H groups in total. The van der Waals surface area contributed by atoms with Crippen LogP contribution in [0.5, 0.6) is 0 Å². The summed E-state index contributed by atoms with van der Waals surface area (Å²) in [5.74, 6) is -0.499. The van der Waals surface area contributed by atoms with Gasteiger partial charge in [0.25, 0.3) is 0 Å². The van der Waals surface area contributed by atoms with Gasteiger partial charge in [-0.2, -0.15) is 0 Å². The van der Waals surface area contributed by atoms with Crippen LogP contribution in [-0.2, 0) is 9.47 Å². The van der Waals surface area contributed by atoms with E-state index in [1.54, 1.807) is 12.1 Å². The highest BCUT2D eigenvalue weighted by molar-refractivity contribution is 5.84. The van der Waals surface area contributed by atoms with Crippen molar-refractivity contribution in [1.29, 1.82) is 0 Å². The van der Waals surface area contributed by atoms with Crippen LogP contribution >= 0.6 is 0 Å². The third-order valence-corrected chi connectivity index (χ3v) is 2.92. The van der Waals surface area contributed by atoms with Crippen LogP contribution in [0.15, 0.2) is 24.3 Å². The lowest BCUT2D eigenvalue weighted by atomic mass is 10.1. The van der Waals surface area contributed by atoms with E-state index >= 15 is 0 Å². The fourth-order valence-corrected chi connectivity index (χ4v) is 2.04. The summed E-state index contributed by atoms with van der Waals surface area (Å²) in [7, 11) is 0. The van der Waals surface area contributed by atoms with Crippen LogP contribution in [0.2, 0.25) is 0 Å². The number of ether oxygens (including phenoxy) is 2. The van der Waals surface area contributed by atoms with E-state index in [1.807, 2.05) is 13.8 Å². The number of anilines is 1. The molecule has 1 heterocycles. The van der Waals surface area contributed by atoms with E-state index in [0.29, 0.717) is 6.54 Å². The topological polar surface area (TPSA) is 59.6 Å². The summed E-state index contributed by atoms with van der Waals surface area (Å²) in [6, 6.07) is 5.93. The van der Waals surface area contributed by atoms with Gasteiger partial charge < -0.3 is 14.8 Å². The van der Waals surface area contributed by atoms with Gasteiger partial charge in [-0.25, -0.2) is 9.18 Å². The van der Waals surface area contributed by atoms with E-state index in [1.165, 1.54) is 12.1 Å². The summed E-state index contributed by atoms with van der Waals surface area (Å²) >= 11 is 0. The van der Waals surface area contributed by atoms with Gasteiger partial charge in [0.1, 0.15) is 18.5 Å². The molecule has 1 amide bonds. The summed E-state index contributed by atoms with van der Waals surface area (Å²) in [6.45, 7) is 5.43. The first kappa shape index (κ1) is 14.7. The van der Waals surface area contributed by atoms with E-state index in [-0.39, 0.29) is 24.0 Å². The van der Waals surface area contributed by atoms with E-state index in [9.17, 15) is 9.18 Å². The number of hydrogen-bond donors (Lipinski definition) is 2. The maximum atomic E-state index is 13.3. The molecule has 0 aromatic heterocycles. The summed E-state index contributed by atoms with van der Waals surface area (Å²) in [6.07, 6.45) is -0.896. The molecule has 110 valence electrons. The number of nitrogens with one attached hydrogen (secondary N) is 2. The molecule has 2 rings (SSSR count). The van der Waals surface area contributed by atoms with Gasteiger partial charge in [-0.05, 0) is 26.0 Å². The highest BCUT2D eigenvalue weighted by Gasteiger charge is 2.29. The molecular formula is C14H19FN2O3. The molecule has 1 aliphatic rings. The minimum Gasteiger partial charge on any atom is -0.446 e. The van der Waals surface area contributed by atoms with Crippen molar-refractivity contribution < 1.29 is 18.7 Å². The molecule has 6 heteroatoms. The van der Waals surface area contributed by atoms with Crippen LogP contribution in [0.3, 0.4) is 0 Å². The molecule has 0 aliphatic carbocycles. The first-order valence-corrected chi connectivity index (χ1v) is 6.53. The minimum atomic E-state index is -0.693. The largest absolute Gasteiger partial charge is 0.446 e. The summed E-state index contributed by atoms with van der Waals surface area (Å²) in [4.78, 5) is 11.6. The van der Waals surface area contributed by atoms with Crippen molar-refractivity contribution in [3.63, 3.8) is 0 Å². The number of amides is 1. The number of halogens is 1. The van der Waals surface area contributed by atoms with Crippen molar-refractivity contribution in [1.82, 2.24) is 5.32 Å². The Morgan fingerprint density at radius 2 is 2.30 bits per heavy atom. The van der Waals surface area contributed by atoms with Gasteiger partial charge in [0, 0.05) is 13.1 Å². The number of rotatable bonds is 3. The first-order valence-electron chi connectivity index (χ1n) is 6.53. The Bertz CT molecular complexity index is 479. The van der Waals surface area contributed by atoms with Gasteiger partial charge in [0.2, 0.25) is 0 Å². The molecule has 1 unspecified atom stereocenters. The molecule has 0 bridgehead atoms.